The molecule has 1 fully saturated rings. The maximum atomic E-state index is 13.6. The third-order valence-corrected chi connectivity index (χ3v) is 13.7. The number of hydrogen-bond donors (Lipinski definition) is 0. The van der Waals surface area contributed by atoms with Crippen molar-refractivity contribution in [2.45, 2.75) is 335 Å². The van der Waals surface area contributed by atoms with Gasteiger partial charge in [0.05, 0.1) is 6.61 Å². The fraction of sp³-hybridized carbons (Fsp3) is 0.931. The van der Waals surface area contributed by atoms with Crippen molar-refractivity contribution in [1.29, 1.82) is 0 Å². The molecule has 0 unspecified atom stereocenters. The van der Waals surface area contributed by atoms with E-state index in [9.17, 15) is 19.2 Å². The molecule has 0 N–H and O–H groups in total. The van der Waals surface area contributed by atoms with Gasteiger partial charge in [-0.3, -0.25) is 19.2 Å². The van der Waals surface area contributed by atoms with Crippen LogP contribution in [0, 0.1) is 0 Å². The predicted molar refractivity (Wildman–Crippen MR) is 276 cm³/mol. The molecule has 67 heavy (non-hydrogen) atoms. The SMILES string of the molecule is CCCCCCCCCCCCC(=O)OC[C@H]1OC[C@@H](OC(=O)CCCCCCCCCCCC)[C@@H](OC(=O)CCCCCCCCCCCC)[C@@H]1OC(=O)CCCCCCCCCCCC. The van der Waals surface area contributed by atoms with Gasteiger partial charge in [0.2, 0.25) is 0 Å². The van der Waals surface area contributed by atoms with Gasteiger partial charge in [-0.05, 0) is 25.7 Å². The van der Waals surface area contributed by atoms with Crippen LogP contribution in [0.2, 0.25) is 0 Å². The Balaban J connectivity index is 2.94. The first-order valence-electron chi connectivity index (χ1n) is 29.2. The van der Waals surface area contributed by atoms with Crippen molar-refractivity contribution >= 4 is 23.9 Å². The second kappa shape index (κ2) is 47.5. The minimum absolute atomic E-state index is 0.0485. The molecule has 0 radical (unpaired) electrons. The zero-order valence-electron chi connectivity index (χ0n) is 44.5. The van der Waals surface area contributed by atoms with Crippen molar-refractivity contribution < 1.29 is 42.9 Å². The van der Waals surface area contributed by atoms with Crippen LogP contribution in [0.5, 0.6) is 0 Å². The Hall–Kier alpha value is -2.16. The maximum absolute atomic E-state index is 13.6. The number of unbranched alkanes of at least 4 members (excludes halogenated alkanes) is 36. The van der Waals surface area contributed by atoms with Crippen molar-refractivity contribution in [3.05, 3.63) is 0 Å². The normalized spacial score (nSPS) is 17.1. The van der Waals surface area contributed by atoms with Crippen LogP contribution in [0.3, 0.4) is 0 Å². The first-order chi connectivity index (χ1) is 32.9. The molecule has 0 amide bonds. The first-order valence-corrected chi connectivity index (χ1v) is 29.2. The van der Waals surface area contributed by atoms with E-state index in [0.717, 1.165) is 77.0 Å². The molecular formula is C58H108O9. The van der Waals surface area contributed by atoms with Crippen LogP contribution in [-0.4, -0.2) is 61.5 Å². The Bertz CT molecular complexity index is 1140. The van der Waals surface area contributed by atoms with Crippen LogP contribution in [0.25, 0.3) is 0 Å². The third-order valence-electron chi connectivity index (χ3n) is 13.7. The highest BCUT2D eigenvalue weighted by Crippen LogP contribution is 2.27. The molecule has 0 aromatic heterocycles. The van der Waals surface area contributed by atoms with Crippen LogP contribution in [0.1, 0.15) is 310 Å². The van der Waals surface area contributed by atoms with E-state index in [2.05, 4.69) is 27.7 Å². The Kier molecular flexibility index (Phi) is 44.6. The summed E-state index contributed by atoms with van der Waals surface area (Å²) in [6.07, 6.45) is 43.4. The van der Waals surface area contributed by atoms with Crippen LogP contribution in [0.4, 0.5) is 0 Å². The van der Waals surface area contributed by atoms with Gasteiger partial charge in [-0.25, -0.2) is 0 Å². The summed E-state index contributed by atoms with van der Waals surface area (Å²) in [5.41, 5.74) is 0. The van der Waals surface area contributed by atoms with Gasteiger partial charge >= 0.3 is 23.9 Å². The van der Waals surface area contributed by atoms with Gasteiger partial charge in [-0.1, -0.05) is 259 Å². The average molecular weight is 949 g/mol. The summed E-state index contributed by atoms with van der Waals surface area (Å²) in [5, 5.41) is 0. The van der Waals surface area contributed by atoms with Gasteiger partial charge in [0.25, 0.3) is 0 Å². The zero-order chi connectivity index (χ0) is 48.7. The van der Waals surface area contributed by atoms with Gasteiger partial charge in [0.15, 0.2) is 18.3 Å². The van der Waals surface area contributed by atoms with Crippen LogP contribution in [0.15, 0.2) is 0 Å². The van der Waals surface area contributed by atoms with E-state index in [4.69, 9.17) is 23.7 Å². The molecule has 0 aliphatic carbocycles. The van der Waals surface area contributed by atoms with Gasteiger partial charge in [0.1, 0.15) is 12.7 Å². The molecule has 0 saturated carbocycles. The van der Waals surface area contributed by atoms with E-state index in [0.29, 0.717) is 19.3 Å². The lowest BCUT2D eigenvalue weighted by molar-refractivity contribution is -0.233. The van der Waals surface area contributed by atoms with Crippen LogP contribution in [-0.2, 0) is 42.9 Å². The van der Waals surface area contributed by atoms with Gasteiger partial charge in [0, 0.05) is 25.7 Å². The summed E-state index contributed by atoms with van der Waals surface area (Å²) in [4.78, 5) is 53.5. The highest BCUT2D eigenvalue weighted by Gasteiger charge is 2.48. The summed E-state index contributed by atoms with van der Waals surface area (Å²) in [5.74, 6) is -1.52. The van der Waals surface area contributed by atoms with Gasteiger partial charge in [-0.2, -0.15) is 0 Å². The van der Waals surface area contributed by atoms with Gasteiger partial charge in [-0.15, -0.1) is 0 Å². The van der Waals surface area contributed by atoms with Crippen molar-refractivity contribution in [2.75, 3.05) is 13.2 Å². The molecule has 9 heteroatoms. The number of rotatable bonds is 49. The Morgan fingerprint density at radius 1 is 0.328 bits per heavy atom. The number of carbonyl (C=O) groups is 4. The topological polar surface area (TPSA) is 114 Å². The standard InChI is InChI=1S/C58H108O9/c1-5-9-13-17-21-25-29-33-37-41-45-53(59)64-49-51-57(66-55(61)47-43-39-35-31-27-23-19-15-11-7-3)58(67-56(62)48-44-40-36-32-28-24-20-16-12-8-4)52(50-63-51)65-54(60)46-42-38-34-30-26-22-18-14-10-6-2/h51-52,57-58H,5-50H2,1-4H3/t51-,52-,57-,58-/m1/s1. The molecule has 0 bridgehead atoms. The Morgan fingerprint density at radius 3 is 0.896 bits per heavy atom. The fourth-order valence-electron chi connectivity index (χ4n) is 9.28. The van der Waals surface area contributed by atoms with Crippen LogP contribution < -0.4 is 0 Å². The molecule has 0 spiro atoms. The molecule has 394 valence electrons. The van der Waals surface area contributed by atoms with E-state index in [1.54, 1.807) is 0 Å². The average Bonchev–Trinajstić information content (AvgIpc) is 3.32. The Morgan fingerprint density at radius 2 is 0.582 bits per heavy atom. The van der Waals surface area contributed by atoms with Crippen molar-refractivity contribution in [3.8, 4) is 0 Å². The number of carbonyl (C=O) groups excluding carboxylic acids is 4. The molecule has 4 atom stereocenters. The summed E-state index contributed by atoms with van der Waals surface area (Å²) < 4.78 is 30.3. The number of ether oxygens (including phenoxy) is 5. The minimum atomic E-state index is -1.08. The minimum Gasteiger partial charge on any atom is -0.463 e. The monoisotopic (exact) mass is 949 g/mol. The second-order valence-electron chi connectivity index (χ2n) is 20.2. The molecule has 1 aliphatic heterocycles. The lowest BCUT2D eigenvalue weighted by atomic mass is 9.99. The lowest BCUT2D eigenvalue weighted by Gasteiger charge is -2.40. The van der Waals surface area contributed by atoms with Crippen molar-refractivity contribution in [2.24, 2.45) is 0 Å². The largest absolute Gasteiger partial charge is 0.463 e. The smallest absolute Gasteiger partial charge is 0.306 e. The molecule has 1 aliphatic rings. The first kappa shape index (κ1) is 62.9. The van der Waals surface area contributed by atoms with E-state index in [1.807, 2.05) is 0 Å². The highest BCUT2D eigenvalue weighted by atomic mass is 16.7. The van der Waals surface area contributed by atoms with E-state index in [1.165, 1.54) is 167 Å². The lowest BCUT2D eigenvalue weighted by Crippen LogP contribution is -2.59. The summed E-state index contributed by atoms with van der Waals surface area (Å²) in [6, 6.07) is 0. The summed E-state index contributed by atoms with van der Waals surface area (Å²) in [6.45, 7) is 8.77. The number of hydrogen-bond acceptors (Lipinski definition) is 9. The van der Waals surface area contributed by atoms with Crippen LogP contribution >= 0.6 is 0 Å². The zero-order valence-corrected chi connectivity index (χ0v) is 44.5. The third kappa shape index (κ3) is 38.3. The van der Waals surface area contributed by atoms with E-state index in [-0.39, 0.29) is 44.4 Å². The Labute approximate surface area is 413 Å². The highest BCUT2D eigenvalue weighted by molar-refractivity contribution is 5.72. The molecular weight excluding hydrogens is 841 g/mol. The molecule has 1 heterocycles. The molecule has 1 rings (SSSR count). The fourth-order valence-corrected chi connectivity index (χ4v) is 9.28. The maximum Gasteiger partial charge on any atom is 0.306 e. The molecule has 0 aromatic carbocycles. The van der Waals surface area contributed by atoms with Crippen molar-refractivity contribution in [1.82, 2.24) is 0 Å². The second-order valence-corrected chi connectivity index (χ2v) is 20.2. The van der Waals surface area contributed by atoms with E-state index < -0.39 is 36.4 Å². The molecule has 9 nitrogen and oxygen atoms in total. The number of esters is 4. The van der Waals surface area contributed by atoms with E-state index >= 15 is 0 Å². The van der Waals surface area contributed by atoms with Gasteiger partial charge < -0.3 is 23.7 Å². The summed E-state index contributed by atoms with van der Waals surface area (Å²) in [7, 11) is 0. The predicted octanol–water partition coefficient (Wildman–Crippen LogP) is 16.9. The molecule has 0 aromatic rings. The molecule has 1 saturated heterocycles. The quantitative estimate of drug-likeness (QED) is 0.0334. The summed E-state index contributed by atoms with van der Waals surface area (Å²) >= 11 is 0. The van der Waals surface area contributed by atoms with Crippen molar-refractivity contribution in [3.63, 3.8) is 0 Å².